The lowest BCUT2D eigenvalue weighted by atomic mass is 10.2. The molecule has 0 radical (unpaired) electrons. The van der Waals surface area contributed by atoms with Gasteiger partial charge in [-0.15, -0.1) is 0 Å². The molecule has 1 fully saturated rings. The molecule has 0 N–H and O–H groups in total. The van der Waals surface area contributed by atoms with Crippen LogP contribution in [0.1, 0.15) is 12.5 Å². The van der Waals surface area contributed by atoms with Gasteiger partial charge in [0.05, 0.1) is 10.6 Å². The van der Waals surface area contributed by atoms with Crippen LogP contribution in [0.5, 0.6) is 0 Å². The molecule has 0 atom stereocenters. The molecule has 0 spiro atoms. The molecule has 1 heterocycles. The van der Waals surface area contributed by atoms with Gasteiger partial charge in [0.15, 0.2) is 0 Å². The molecule has 18 heavy (non-hydrogen) atoms. The number of ether oxygens (including phenoxy) is 1. The molecule has 1 amide bonds. The zero-order chi connectivity index (χ0) is 13.3. The van der Waals surface area contributed by atoms with E-state index in [2.05, 4.69) is 0 Å². The SMILES string of the molecule is C/C=C1/COC(=O)N1S(=O)(=O)c1ccc(C)cc1. The number of hydrogen-bond donors (Lipinski definition) is 0. The van der Waals surface area contributed by atoms with Crippen molar-refractivity contribution in [2.24, 2.45) is 0 Å². The Morgan fingerprint density at radius 2 is 1.89 bits per heavy atom. The minimum Gasteiger partial charge on any atom is -0.442 e. The van der Waals surface area contributed by atoms with Crippen LogP contribution >= 0.6 is 0 Å². The Kier molecular flexibility index (Phi) is 3.13. The van der Waals surface area contributed by atoms with Crippen LogP contribution in [0, 0.1) is 6.92 Å². The number of carbonyl (C=O) groups is 1. The van der Waals surface area contributed by atoms with Gasteiger partial charge in [-0.2, -0.15) is 4.31 Å². The van der Waals surface area contributed by atoms with E-state index in [1.54, 1.807) is 25.1 Å². The molecule has 96 valence electrons. The molecule has 0 aliphatic carbocycles. The highest BCUT2D eigenvalue weighted by atomic mass is 32.2. The fraction of sp³-hybridized carbons (Fsp3) is 0.250. The molecular formula is C12H13NO4S. The fourth-order valence-electron chi connectivity index (χ4n) is 1.64. The topological polar surface area (TPSA) is 63.7 Å². The lowest BCUT2D eigenvalue weighted by molar-refractivity contribution is 0.170. The minimum absolute atomic E-state index is 0.0135. The summed E-state index contributed by atoms with van der Waals surface area (Å²) in [6.45, 7) is 3.51. The van der Waals surface area contributed by atoms with Crippen LogP contribution in [-0.2, 0) is 14.8 Å². The summed E-state index contributed by atoms with van der Waals surface area (Å²) in [6.07, 6.45) is 0.695. The summed E-state index contributed by atoms with van der Waals surface area (Å²) in [7, 11) is -3.88. The van der Waals surface area contributed by atoms with Crippen molar-refractivity contribution in [1.29, 1.82) is 0 Å². The Morgan fingerprint density at radius 3 is 2.44 bits per heavy atom. The van der Waals surface area contributed by atoms with Crippen LogP contribution in [0.4, 0.5) is 4.79 Å². The second kappa shape index (κ2) is 4.45. The van der Waals surface area contributed by atoms with Crippen molar-refractivity contribution < 1.29 is 17.9 Å². The van der Waals surface area contributed by atoms with Crippen molar-refractivity contribution in [2.45, 2.75) is 18.7 Å². The van der Waals surface area contributed by atoms with E-state index in [9.17, 15) is 13.2 Å². The number of benzene rings is 1. The van der Waals surface area contributed by atoms with Crippen molar-refractivity contribution in [3.05, 3.63) is 41.6 Å². The third-order valence-electron chi connectivity index (χ3n) is 2.66. The van der Waals surface area contributed by atoms with Gasteiger partial charge in [0, 0.05) is 0 Å². The third kappa shape index (κ3) is 1.99. The Bertz CT molecular complexity index is 601. The van der Waals surface area contributed by atoms with E-state index in [1.165, 1.54) is 12.1 Å². The van der Waals surface area contributed by atoms with Crippen LogP contribution in [0.15, 0.2) is 40.9 Å². The standard InChI is InChI=1S/C12H13NO4S/c1-3-10-8-17-12(14)13(10)18(15,16)11-6-4-9(2)5-7-11/h3-7H,8H2,1-2H3/b10-3-. The highest BCUT2D eigenvalue weighted by molar-refractivity contribution is 7.89. The first-order valence-corrected chi connectivity index (χ1v) is 6.85. The average Bonchev–Trinajstić information content (AvgIpc) is 2.71. The van der Waals surface area contributed by atoms with Gasteiger partial charge in [-0.1, -0.05) is 23.8 Å². The number of hydrogen-bond acceptors (Lipinski definition) is 4. The lowest BCUT2D eigenvalue weighted by Crippen LogP contribution is -2.30. The van der Waals surface area contributed by atoms with Crippen molar-refractivity contribution in [3.63, 3.8) is 0 Å². The first kappa shape index (κ1) is 12.6. The summed E-state index contributed by atoms with van der Waals surface area (Å²) < 4.78 is 30.1. The molecule has 0 aromatic heterocycles. The van der Waals surface area contributed by atoms with Crippen molar-refractivity contribution in [3.8, 4) is 0 Å². The fourth-order valence-corrected chi connectivity index (χ4v) is 3.05. The third-order valence-corrected chi connectivity index (χ3v) is 4.39. The van der Waals surface area contributed by atoms with Crippen molar-refractivity contribution in [2.75, 3.05) is 6.61 Å². The molecule has 1 aliphatic heterocycles. The quantitative estimate of drug-likeness (QED) is 0.822. The molecule has 0 bridgehead atoms. The number of cyclic esters (lactones) is 1. The number of sulfonamides is 1. The second-order valence-corrected chi connectivity index (χ2v) is 5.70. The maximum Gasteiger partial charge on any atom is 0.428 e. The van der Waals surface area contributed by atoms with E-state index in [1.807, 2.05) is 6.92 Å². The molecule has 6 heteroatoms. The van der Waals surface area contributed by atoms with Gasteiger partial charge in [0.25, 0.3) is 10.0 Å². The monoisotopic (exact) mass is 267 g/mol. The second-order valence-electron chi connectivity index (χ2n) is 3.92. The Hall–Kier alpha value is -1.82. The zero-order valence-corrected chi connectivity index (χ0v) is 10.9. The molecule has 1 aromatic carbocycles. The number of aryl methyl sites for hydroxylation is 1. The van der Waals surface area contributed by atoms with Crippen LogP contribution in [0.25, 0.3) is 0 Å². The van der Waals surface area contributed by atoms with Gasteiger partial charge in [0.2, 0.25) is 0 Å². The van der Waals surface area contributed by atoms with Crippen LogP contribution in [-0.4, -0.2) is 25.4 Å². The summed E-state index contributed by atoms with van der Waals surface area (Å²) in [5.41, 5.74) is 1.28. The molecule has 0 saturated carbocycles. The first-order valence-electron chi connectivity index (χ1n) is 5.41. The maximum atomic E-state index is 12.3. The minimum atomic E-state index is -3.88. The smallest absolute Gasteiger partial charge is 0.428 e. The van der Waals surface area contributed by atoms with E-state index >= 15 is 0 Å². The summed E-state index contributed by atoms with van der Waals surface area (Å²) >= 11 is 0. The van der Waals surface area contributed by atoms with Crippen LogP contribution < -0.4 is 0 Å². The normalized spacial score (nSPS) is 18.2. The van der Waals surface area contributed by atoms with Gasteiger partial charge < -0.3 is 4.74 Å². The number of allylic oxidation sites excluding steroid dienone is 1. The van der Waals surface area contributed by atoms with Gasteiger partial charge in [-0.3, -0.25) is 0 Å². The highest BCUT2D eigenvalue weighted by Crippen LogP contribution is 2.25. The van der Waals surface area contributed by atoms with E-state index in [0.29, 0.717) is 10.0 Å². The van der Waals surface area contributed by atoms with E-state index in [-0.39, 0.29) is 11.5 Å². The Morgan fingerprint density at radius 1 is 1.28 bits per heavy atom. The van der Waals surface area contributed by atoms with Crippen molar-refractivity contribution in [1.82, 2.24) is 4.31 Å². The highest BCUT2D eigenvalue weighted by Gasteiger charge is 2.38. The Labute approximate surface area is 106 Å². The molecule has 0 unspecified atom stereocenters. The molecule has 2 rings (SSSR count). The molecule has 1 aliphatic rings. The molecule has 5 nitrogen and oxygen atoms in total. The summed E-state index contributed by atoms with van der Waals surface area (Å²) in [5, 5.41) is 0. The zero-order valence-electron chi connectivity index (χ0n) is 10.1. The summed E-state index contributed by atoms with van der Waals surface area (Å²) in [5.74, 6) is 0. The van der Waals surface area contributed by atoms with Gasteiger partial charge >= 0.3 is 6.09 Å². The largest absolute Gasteiger partial charge is 0.442 e. The lowest BCUT2D eigenvalue weighted by Gasteiger charge is -2.15. The van der Waals surface area contributed by atoms with E-state index in [4.69, 9.17) is 4.74 Å². The number of amides is 1. The Balaban J connectivity index is 2.48. The molecule has 1 aromatic rings. The number of rotatable bonds is 2. The molecular weight excluding hydrogens is 254 g/mol. The van der Waals surface area contributed by atoms with E-state index in [0.717, 1.165) is 5.56 Å². The summed E-state index contributed by atoms with van der Waals surface area (Å²) in [6, 6.07) is 6.32. The van der Waals surface area contributed by atoms with Gasteiger partial charge in [0.1, 0.15) is 6.61 Å². The van der Waals surface area contributed by atoms with Crippen LogP contribution in [0.2, 0.25) is 0 Å². The van der Waals surface area contributed by atoms with Crippen LogP contribution in [0.3, 0.4) is 0 Å². The maximum absolute atomic E-state index is 12.3. The van der Waals surface area contributed by atoms with Crippen molar-refractivity contribution >= 4 is 16.1 Å². The summed E-state index contributed by atoms with van der Waals surface area (Å²) in [4.78, 5) is 11.6. The van der Waals surface area contributed by atoms with Gasteiger partial charge in [-0.25, -0.2) is 13.2 Å². The average molecular weight is 267 g/mol. The van der Waals surface area contributed by atoms with E-state index < -0.39 is 16.1 Å². The first-order chi connectivity index (χ1) is 8.46. The molecule has 1 saturated heterocycles. The predicted octanol–water partition coefficient (Wildman–Crippen LogP) is 2.04. The number of nitrogens with zero attached hydrogens (tertiary/aromatic N) is 1. The predicted molar refractivity (Wildman–Crippen MR) is 65.3 cm³/mol. The number of carbonyl (C=O) groups excluding carboxylic acids is 1. The van der Waals surface area contributed by atoms with Gasteiger partial charge in [-0.05, 0) is 26.0 Å².